The maximum absolute atomic E-state index is 9.90. The summed E-state index contributed by atoms with van der Waals surface area (Å²) in [5.74, 6) is 2.24. The predicted molar refractivity (Wildman–Crippen MR) is 142 cm³/mol. The number of allylic oxidation sites excluding steroid dienone is 4. The van der Waals surface area contributed by atoms with Crippen LogP contribution in [0.25, 0.3) is 11.1 Å². The summed E-state index contributed by atoms with van der Waals surface area (Å²) in [5.41, 5.74) is 7.88. The van der Waals surface area contributed by atoms with E-state index in [0.29, 0.717) is 31.3 Å². The van der Waals surface area contributed by atoms with Gasteiger partial charge in [0.2, 0.25) is 0 Å². The number of hydrogen-bond acceptors (Lipinski definition) is 3. The second-order valence-corrected chi connectivity index (χ2v) is 10.3. The van der Waals surface area contributed by atoms with E-state index in [0.717, 1.165) is 24.2 Å². The number of benzene rings is 2. The monoisotopic (exact) mass is 460 g/mol. The van der Waals surface area contributed by atoms with Crippen LogP contribution in [-0.2, 0) is 11.3 Å². The van der Waals surface area contributed by atoms with Crippen LogP contribution < -0.4 is 4.74 Å². The highest BCUT2D eigenvalue weighted by Crippen LogP contribution is 2.36. The van der Waals surface area contributed by atoms with Crippen LogP contribution in [0.1, 0.15) is 63.6 Å². The highest BCUT2D eigenvalue weighted by molar-refractivity contribution is 5.72. The lowest BCUT2D eigenvalue weighted by molar-refractivity contribution is 0.0553. The fourth-order valence-corrected chi connectivity index (χ4v) is 4.65. The fraction of sp³-hybridized carbons (Fsp3) is 0.419. The number of ether oxygens (including phenoxy) is 2. The molecule has 1 saturated carbocycles. The molecule has 1 unspecified atom stereocenters. The van der Waals surface area contributed by atoms with Crippen LogP contribution >= 0.6 is 0 Å². The van der Waals surface area contributed by atoms with E-state index in [1.54, 1.807) is 13.8 Å². The van der Waals surface area contributed by atoms with Crippen molar-refractivity contribution in [3.05, 3.63) is 88.7 Å². The van der Waals surface area contributed by atoms with Crippen LogP contribution in [-0.4, -0.2) is 17.3 Å². The molecule has 0 amide bonds. The number of aryl methyl sites for hydroxylation is 2. The van der Waals surface area contributed by atoms with Gasteiger partial charge in [0.05, 0.1) is 12.2 Å². The van der Waals surface area contributed by atoms with Crippen molar-refractivity contribution in [2.75, 3.05) is 6.61 Å². The fourth-order valence-electron chi connectivity index (χ4n) is 4.65. The molecule has 2 aromatic rings. The molecule has 0 spiro atoms. The minimum absolute atomic E-state index is 0.489. The Morgan fingerprint density at radius 1 is 1.12 bits per heavy atom. The third-order valence-electron chi connectivity index (χ3n) is 6.36. The summed E-state index contributed by atoms with van der Waals surface area (Å²) in [4.78, 5) is 0. The lowest BCUT2D eigenvalue weighted by Crippen LogP contribution is -2.21. The van der Waals surface area contributed by atoms with Gasteiger partial charge in [0.1, 0.15) is 18.1 Å². The topological polar surface area (TPSA) is 38.7 Å². The molecular formula is C31H40O3. The molecular weight excluding hydrogens is 420 g/mol. The molecule has 1 N–H and O–H groups in total. The molecule has 182 valence electrons. The van der Waals surface area contributed by atoms with Gasteiger partial charge in [0.15, 0.2) is 0 Å². The third-order valence-corrected chi connectivity index (χ3v) is 6.36. The van der Waals surface area contributed by atoms with Crippen LogP contribution in [0.5, 0.6) is 5.75 Å². The quantitative estimate of drug-likeness (QED) is 0.387. The molecule has 0 aliphatic heterocycles. The first-order chi connectivity index (χ1) is 16.1. The normalized spacial score (nSPS) is 18.5. The summed E-state index contributed by atoms with van der Waals surface area (Å²) in [6.45, 7) is 17.3. The second kappa shape index (κ2) is 11.1. The van der Waals surface area contributed by atoms with Crippen LogP contribution in [0.2, 0.25) is 0 Å². The Balaban J connectivity index is 1.68. The minimum Gasteiger partial charge on any atom is -0.493 e. The maximum Gasteiger partial charge on any atom is 0.119 e. The molecule has 1 aliphatic rings. The van der Waals surface area contributed by atoms with E-state index in [4.69, 9.17) is 9.47 Å². The van der Waals surface area contributed by atoms with Gasteiger partial charge < -0.3 is 14.6 Å². The number of aliphatic hydroxyl groups is 1. The van der Waals surface area contributed by atoms with E-state index in [1.807, 2.05) is 0 Å². The average Bonchev–Trinajstić information content (AvgIpc) is 3.10. The Morgan fingerprint density at radius 2 is 1.79 bits per heavy atom. The first kappa shape index (κ1) is 25.8. The van der Waals surface area contributed by atoms with Crippen LogP contribution in [0.4, 0.5) is 0 Å². The van der Waals surface area contributed by atoms with E-state index in [2.05, 4.69) is 82.8 Å². The largest absolute Gasteiger partial charge is 0.493 e. The second-order valence-electron chi connectivity index (χ2n) is 10.3. The molecule has 0 aromatic heterocycles. The van der Waals surface area contributed by atoms with Crippen molar-refractivity contribution in [1.29, 1.82) is 0 Å². The van der Waals surface area contributed by atoms with Gasteiger partial charge in [-0.1, -0.05) is 37.8 Å². The van der Waals surface area contributed by atoms with Gasteiger partial charge in [-0.15, -0.1) is 0 Å². The molecule has 34 heavy (non-hydrogen) atoms. The molecule has 0 radical (unpaired) electrons. The van der Waals surface area contributed by atoms with Crippen molar-refractivity contribution < 1.29 is 14.6 Å². The zero-order chi connectivity index (χ0) is 24.9. The summed E-state index contributed by atoms with van der Waals surface area (Å²) in [7, 11) is 0. The van der Waals surface area contributed by atoms with E-state index in [9.17, 15) is 5.11 Å². The van der Waals surface area contributed by atoms with Gasteiger partial charge in [-0.3, -0.25) is 0 Å². The smallest absolute Gasteiger partial charge is 0.119 e. The lowest BCUT2D eigenvalue weighted by atomic mass is 9.94. The zero-order valence-corrected chi connectivity index (χ0v) is 21.7. The summed E-state index contributed by atoms with van der Waals surface area (Å²) < 4.78 is 11.9. The van der Waals surface area contributed by atoms with E-state index in [1.165, 1.54) is 33.4 Å². The molecule has 0 saturated heterocycles. The van der Waals surface area contributed by atoms with Crippen LogP contribution in [0.3, 0.4) is 0 Å². The first-order valence-electron chi connectivity index (χ1n) is 12.3. The van der Waals surface area contributed by atoms with E-state index >= 15 is 0 Å². The van der Waals surface area contributed by atoms with Crippen LogP contribution in [0.15, 0.2) is 72.0 Å². The summed E-state index contributed by atoms with van der Waals surface area (Å²) in [6, 6.07) is 12.7. The van der Waals surface area contributed by atoms with Gasteiger partial charge in [-0.05, 0) is 117 Å². The average molecular weight is 461 g/mol. The minimum atomic E-state index is -0.723. The Hall–Kier alpha value is -2.78. The van der Waals surface area contributed by atoms with Crippen molar-refractivity contribution in [2.45, 2.75) is 73.0 Å². The van der Waals surface area contributed by atoms with E-state index in [-0.39, 0.29) is 0 Å². The SMILES string of the molecule is C=C(/C=C1/CC(C)C/C1=C/C)OCc1cccc(-c2c(C)cc(OCCC(C)(C)O)cc2C)c1. The summed E-state index contributed by atoms with van der Waals surface area (Å²) in [5, 5.41) is 9.90. The van der Waals surface area contributed by atoms with Gasteiger partial charge >= 0.3 is 0 Å². The van der Waals surface area contributed by atoms with Crippen LogP contribution in [0, 0.1) is 19.8 Å². The predicted octanol–water partition coefficient (Wildman–Crippen LogP) is 7.84. The molecule has 3 rings (SSSR count). The lowest BCUT2D eigenvalue weighted by Gasteiger charge is -2.18. The highest BCUT2D eigenvalue weighted by atomic mass is 16.5. The van der Waals surface area contributed by atoms with Gasteiger partial charge in [0, 0.05) is 6.42 Å². The molecule has 2 aromatic carbocycles. The van der Waals surface area contributed by atoms with Crippen molar-refractivity contribution in [2.24, 2.45) is 5.92 Å². The Morgan fingerprint density at radius 3 is 2.44 bits per heavy atom. The van der Waals surface area contributed by atoms with Crippen molar-refractivity contribution in [3.8, 4) is 16.9 Å². The van der Waals surface area contributed by atoms with E-state index < -0.39 is 5.60 Å². The third kappa shape index (κ3) is 7.11. The summed E-state index contributed by atoms with van der Waals surface area (Å²) in [6.07, 6.45) is 7.13. The molecule has 1 fully saturated rings. The zero-order valence-electron chi connectivity index (χ0n) is 21.7. The standard InChI is InChI=1S/C31H40O3/c1-8-26-14-21(2)15-28(26)18-24(5)34-20-25-10-9-11-27(19-25)30-22(3)16-29(17-23(30)4)33-13-12-31(6,7)32/h8-11,16-19,21,32H,5,12-15,20H2,1-4,6-7H3/b26-8-,28-18-. The van der Waals surface area contributed by atoms with Gasteiger partial charge in [-0.2, -0.15) is 0 Å². The van der Waals surface area contributed by atoms with Gasteiger partial charge in [-0.25, -0.2) is 0 Å². The number of hydrogen-bond donors (Lipinski definition) is 1. The van der Waals surface area contributed by atoms with Crippen molar-refractivity contribution >= 4 is 0 Å². The van der Waals surface area contributed by atoms with Gasteiger partial charge in [0.25, 0.3) is 0 Å². The molecule has 0 heterocycles. The first-order valence-corrected chi connectivity index (χ1v) is 12.3. The molecule has 3 heteroatoms. The Kier molecular flexibility index (Phi) is 8.43. The Bertz CT molecular complexity index is 1060. The molecule has 1 atom stereocenters. The Labute approximate surface area is 205 Å². The van der Waals surface area contributed by atoms with Crippen molar-refractivity contribution in [3.63, 3.8) is 0 Å². The van der Waals surface area contributed by atoms with Crippen molar-refractivity contribution in [1.82, 2.24) is 0 Å². The maximum atomic E-state index is 9.90. The molecule has 1 aliphatic carbocycles. The molecule has 3 nitrogen and oxygen atoms in total. The summed E-state index contributed by atoms with van der Waals surface area (Å²) >= 11 is 0. The highest BCUT2D eigenvalue weighted by Gasteiger charge is 2.20. The number of rotatable bonds is 9. The molecule has 0 bridgehead atoms.